The maximum atomic E-state index is 14.1. The van der Waals surface area contributed by atoms with E-state index in [0.717, 1.165) is 29.4 Å². The van der Waals surface area contributed by atoms with Gasteiger partial charge in [-0.3, -0.25) is 9.89 Å². The van der Waals surface area contributed by atoms with Gasteiger partial charge in [-0.2, -0.15) is 26.3 Å². The van der Waals surface area contributed by atoms with Crippen molar-refractivity contribution in [2.75, 3.05) is 31.6 Å². The molecule has 2 aromatic carbocycles. The SMILES string of the molecule is CC(C)N(C(=O)Oc1c(/C(C=NCC2(O)CCN(C)C2)=C/N)cc(C(F)(F)F)cc1C(F)(F)F)c1ccc(F)cc1. The van der Waals surface area contributed by atoms with Gasteiger partial charge in [-0.15, -0.1) is 0 Å². The molecule has 1 amide bonds. The third-order valence-electron chi connectivity index (χ3n) is 6.36. The zero-order chi connectivity index (χ0) is 30.8. The smallest absolute Gasteiger partial charge is 0.409 e. The van der Waals surface area contributed by atoms with Gasteiger partial charge in [0.2, 0.25) is 0 Å². The first-order valence-electron chi connectivity index (χ1n) is 12.4. The lowest BCUT2D eigenvalue weighted by atomic mass is 9.98. The molecule has 1 saturated heterocycles. The van der Waals surface area contributed by atoms with Gasteiger partial charge in [0.25, 0.3) is 0 Å². The Morgan fingerprint density at radius 2 is 1.80 bits per heavy atom. The number of β-amino-alcohol motifs (C(OH)–C–C–N with tert-alkyl or cyclic N) is 1. The van der Waals surface area contributed by atoms with Crippen molar-refractivity contribution in [2.45, 2.75) is 44.3 Å². The van der Waals surface area contributed by atoms with Crippen molar-refractivity contribution in [3.63, 3.8) is 0 Å². The van der Waals surface area contributed by atoms with E-state index in [-0.39, 0.29) is 24.8 Å². The van der Waals surface area contributed by atoms with E-state index in [1.165, 1.54) is 26.0 Å². The molecule has 41 heavy (non-hydrogen) atoms. The highest BCUT2D eigenvalue weighted by Crippen LogP contribution is 2.44. The number of anilines is 1. The Bertz CT molecular complexity index is 1310. The van der Waals surface area contributed by atoms with E-state index in [1.54, 1.807) is 7.05 Å². The summed E-state index contributed by atoms with van der Waals surface area (Å²) in [6.07, 6.45) is -9.96. The van der Waals surface area contributed by atoms with Crippen LogP contribution in [0.2, 0.25) is 0 Å². The first kappa shape index (κ1) is 31.9. The second kappa shape index (κ2) is 12.1. The zero-order valence-electron chi connectivity index (χ0n) is 22.4. The van der Waals surface area contributed by atoms with Crippen molar-refractivity contribution in [1.82, 2.24) is 4.90 Å². The lowest BCUT2D eigenvalue weighted by Crippen LogP contribution is -2.39. The van der Waals surface area contributed by atoms with Crippen molar-refractivity contribution in [3.05, 3.63) is 65.1 Å². The van der Waals surface area contributed by atoms with Gasteiger partial charge in [-0.05, 0) is 63.7 Å². The number of nitrogens with zero attached hydrogens (tertiary/aromatic N) is 3. The van der Waals surface area contributed by atoms with Crippen LogP contribution < -0.4 is 15.4 Å². The maximum Gasteiger partial charge on any atom is 0.420 e. The van der Waals surface area contributed by atoms with Crippen LogP contribution in [0.15, 0.2) is 47.6 Å². The summed E-state index contributed by atoms with van der Waals surface area (Å²) >= 11 is 0. The normalized spacial score (nSPS) is 18.9. The summed E-state index contributed by atoms with van der Waals surface area (Å²) in [5.74, 6) is -1.87. The summed E-state index contributed by atoms with van der Waals surface area (Å²) in [4.78, 5) is 20.0. The number of alkyl halides is 6. The summed E-state index contributed by atoms with van der Waals surface area (Å²) in [7, 11) is 1.77. The molecule has 0 spiro atoms. The van der Waals surface area contributed by atoms with E-state index >= 15 is 0 Å². The molecule has 1 heterocycles. The minimum Gasteiger partial charge on any atom is -0.409 e. The van der Waals surface area contributed by atoms with Crippen molar-refractivity contribution >= 4 is 23.6 Å². The molecule has 1 aliphatic rings. The molecule has 7 nitrogen and oxygen atoms in total. The number of hydrogen-bond donors (Lipinski definition) is 2. The zero-order valence-corrected chi connectivity index (χ0v) is 22.4. The number of benzene rings is 2. The second-order valence-electron chi connectivity index (χ2n) is 10.0. The minimum absolute atomic E-state index is 0.0688. The number of aliphatic imine (C=N–C) groups is 1. The number of likely N-dealkylation sites (tertiary alicyclic amines) is 1. The van der Waals surface area contributed by atoms with Crippen LogP contribution in [0.25, 0.3) is 5.57 Å². The molecule has 0 aromatic heterocycles. The van der Waals surface area contributed by atoms with Crippen LogP contribution in [0.4, 0.5) is 41.2 Å². The van der Waals surface area contributed by atoms with Crippen LogP contribution >= 0.6 is 0 Å². The number of carbonyl (C=O) groups excluding carboxylic acids is 1. The highest BCUT2D eigenvalue weighted by atomic mass is 19.4. The molecule has 1 atom stereocenters. The first-order valence-corrected chi connectivity index (χ1v) is 12.4. The molecule has 0 saturated carbocycles. The lowest BCUT2D eigenvalue weighted by Gasteiger charge is -2.27. The summed E-state index contributed by atoms with van der Waals surface area (Å²) in [5.41, 5.74) is -0.328. The maximum absolute atomic E-state index is 14.1. The number of rotatable bonds is 7. The highest BCUT2D eigenvalue weighted by Gasteiger charge is 2.42. The van der Waals surface area contributed by atoms with Crippen molar-refractivity contribution < 1.29 is 45.4 Å². The van der Waals surface area contributed by atoms with Crippen LogP contribution in [0.5, 0.6) is 5.75 Å². The van der Waals surface area contributed by atoms with Gasteiger partial charge in [0.05, 0.1) is 23.3 Å². The number of aliphatic hydroxyl groups is 1. The van der Waals surface area contributed by atoms with E-state index in [9.17, 15) is 40.6 Å². The van der Waals surface area contributed by atoms with Gasteiger partial charge >= 0.3 is 18.4 Å². The average molecular weight is 591 g/mol. The van der Waals surface area contributed by atoms with Gasteiger partial charge in [0, 0.05) is 48.4 Å². The van der Waals surface area contributed by atoms with E-state index in [1.807, 2.05) is 4.90 Å². The monoisotopic (exact) mass is 590 g/mol. The molecule has 1 aliphatic heterocycles. The summed E-state index contributed by atoms with van der Waals surface area (Å²) in [5, 5.41) is 10.6. The van der Waals surface area contributed by atoms with Gasteiger partial charge in [-0.1, -0.05) is 0 Å². The molecule has 224 valence electrons. The van der Waals surface area contributed by atoms with Gasteiger partial charge in [0.1, 0.15) is 5.82 Å². The number of ether oxygens (including phenoxy) is 1. The average Bonchev–Trinajstić information content (AvgIpc) is 3.20. The van der Waals surface area contributed by atoms with Crippen LogP contribution in [0.3, 0.4) is 0 Å². The Kier molecular flexibility index (Phi) is 9.38. The second-order valence-corrected chi connectivity index (χ2v) is 10.0. The van der Waals surface area contributed by atoms with Gasteiger partial charge in [0.15, 0.2) is 5.75 Å². The Labute approximate surface area is 231 Å². The first-order chi connectivity index (χ1) is 18.9. The summed E-state index contributed by atoms with van der Waals surface area (Å²) in [6.45, 7) is 3.62. The summed E-state index contributed by atoms with van der Waals surface area (Å²) < 4.78 is 102. The molecule has 14 heteroatoms. The molecule has 0 aliphatic carbocycles. The van der Waals surface area contributed by atoms with E-state index < -0.39 is 63.9 Å². The Morgan fingerprint density at radius 3 is 2.29 bits per heavy atom. The topological polar surface area (TPSA) is 91.4 Å². The Hall–Kier alpha value is -3.65. The van der Waals surface area contributed by atoms with Crippen molar-refractivity contribution in [1.29, 1.82) is 0 Å². The molecule has 1 fully saturated rings. The number of carbonyl (C=O) groups is 1. The Morgan fingerprint density at radius 1 is 1.17 bits per heavy atom. The van der Waals surface area contributed by atoms with E-state index in [2.05, 4.69) is 4.99 Å². The fraction of sp³-hybridized carbons (Fsp3) is 0.407. The number of halogens is 7. The van der Waals surface area contributed by atoms with Crippen LogP contribution in [0, 0.1) is 5.82 Å². The van der Waals surface area contributed by atoms with Crippen molar-refractivity contribution in [3.8, 4) is 5.75 Å². The van der Waals surface area contributed by atoms with Crippen LogP contribution in [-0.2, 0) is 12.4 Å². The quantitative estimate of drug-likeness (QED) is 0.318. The standard InChI is InChI=1S/C27H29F7N4O3/c1-16(2)38(20-6-4-19(28)5-7-20)24(39)41-23-21(10-18(26(29,30)31)11-22(23)27(32,33)34)17(12-35)13-36-14-25(40)8-9-37(3)15-25/h4-7,10-13,16,40H,8-9,14-15,35H2,1-3H3/b17-12+,36-13?. The molecule has 3 N–H and O–H groups in total. The van der Waals surface area contributed by atoms with Crippen LogP contribution in [-0.4, -0.2) is 60.6 Å². The highest BCUT2D eigenvalue weighted by molar-refractivity contribution is 6.11. The number of likely N-dealkylation sites (N-methyl/N-ethyl adjacent to an activating group) is 1. The lowest BCUT2D eigenvalue weighted by molar-refractivity contribution is -0.143. The van der Waals surface area contributed by atoms with Gasteiger partial charge < -0.3 is 20.5 Å². The van der Waals surface area contributed by atoms with E-state index in [0.29, 0.717) is 19.0 Å². The fourth-order valence-corrected chi connectivity index (χ4v) is 4.38. The molecule has 3 rings (SSSR count). The fourth-order valence-electron chi connectivity index (χ4n) is 4.38. The minimum atomic E-state index is -5.38. The van der Waals surface area contributed by atoms with E-state index in [4.69, 9.17) is 10.5 Å². The molecule has 0 radical (unpaired) electrons. The van der Waals surface area contributed by atoms with Gasteiger partial charge in [-0.25, -0.2) is 9.18 Å². The number of amides is 1. The third-order valence-corrected chi connectivity index (χ3v) is 6.36. The predicted molar refractivity (Wildman–Crippen MR) is 139 cm³/mol. The van der Waals surface area contributed by atoms with Crippen LogP contribution in [0.1, 0.15) is 37.0 Å². The largest absolute Gasteiger partial charge is 0.420 e. The number of hydrogen-bond acceptors (Lipinski definition) is 6. The Balaban J connectivity index is 2.13. The molecule has 2 aromatic rings. The predicted octanol–water partition coefficient (Wildman–Crippen LogP) is 5.71. The van der Waals surface area contributed by atoms with Crippen molar-refractivity contribution in [2.24, 2.45) is 10.7 Å². The third kappa shape index (κ3) is 7.76. The number of nitrogens with two attached hydrogens (primary N) is 1. The molecular weight excluding hydrogens is 561 g/mol. The molecule has 0 bridgehead atoms. The molecular formula is C27H29F7N4O3. The molecule has 1 unspecified atom stereocenters. The summed E-state index contributed by atoms with van der Waals surface area (Å²) in [6, 6.07) is 3.92. The number of allylic oxidation sites excluding steroid dienone is 1.